The average molecular weight is 532 g/mol. The molecule has 0 spiro atoms. The predicted octanol–water partition coefficient (Wildman–Crippen LogP) is 6.55. The molecular formula is C33H33N5O2. The zero-order valence-electron chi connectivity index (χ0n) is 22.3. The van der Waals surface area contributed by atoms with Gasteiger partial charge in [-0.1, -0.05) is 91.0 Å². The zero-order chi connectivity index (χ0) is 28.1. The first-order chi connectivity index (χ1) is 19.4. The number of aromatic amines is 1. The number of amidine groups is 1. The first-order valence-corrected chi connectivity index (χ1v) is 13.4. The number of nitrogen functional groups attached to an aromatic ring is 1. The number of amides is 1. The van der Waals surface area contributed by atoms with Gasteiger partial charge in [0.05, 0.1) is 17.1 Å². The molecule has 0 fully saturated rings. The topological polar surface area (TPSA) is 128 Å². The third kappa shape index (κ3) is 6.04. The Kier molecular flexibility index (Phi) is 7.92. The number of nitrogens with zero attached hydrogens (tertiary/aromatic N) is 1. The number of fused-ring (bicyclic) bond motifs is 1. The third-order valence-corrected chi connectivity index (χ3v) is 7.47. The van der Waals surface area contributed by atoms with Crippen LogP contribution >= 0.6 is 0 Å². The number of rotatable bonds is 10. The van der Waals surface area contributed by atoms with Gasteiger partial charge in [-0.2, -0.15) is 0 Å². The van der Waals surface area contributed by atoms with E-state index in [1.54, 1.807) is 0 Å². The number of aryl methyl sites for hydroxylation is 2. The fraction of sp³-hybridized carbons (Fsp3) is 0.182. The summed E-state index contributed by atoms with van der Waals surface area (Å²) < 4.78 is 0. The van der Waals surface area contributed by atoms with Crippen LogP contribution < -0.4 is 11.1 Å². The van der Waals surface area contributed by atoms with Crippen LogP contribution in [0.2, 0.25) is 0 Å². The molecule has 6 N–H and O–H groups in total. The molecule has 202 valence electrons. The number of carboxylic acid groups (broad SMARTS) is 1. The molecule has 0 aliphatic rings. The van der Waals surface area contributed by atoms with Gasteiger partial charge in [-0.15, -0.1) is 0 Å². The van der Waals surface area contributed by atoms with Crippen LogP contribution in [0.5, 0.6) is 0 Å². The maximum atomic E-state index is 12.3. The number of nitrogens with one attached hydrogen (secondary N) is 3. The van der Waals surface area contributed by atoms with Crippen molar-refractivity contribution in [3.63, 3.8) is 0 Å². The summed E-state index contributed by atoms with van der Waals surface area (Å²) >= 11 is 0. The Hall–Kier alpha value is -4.91. The van der Waals surface area contributed by atoms with Gasteiger partial charge < -0.3 is 21.1 Å². The van der Waals surface area contributed by atoms with Gasteiger partial charge in [0.2, 0.25) is 0 Å². The first kappa shape index (κ1) is 26.7. The summed E-state index contributed by atoms with van der Waals surface area (Å²) in [6.45, 7) is 1.91. The number of imidazole rings is 1. The molecule has 0 aliphatic heterocycles. The number of nitrogens with two attached hydrogens (primary N) is 1. The Morgan fingerprint density at radius 1 is 0.925 bits per heavy atom. The second-order valence-corrected chi connectivity index (χ2v) is 10.1. The quantitative estimate of drug-likeness (QED) is 0.103. The Morgan fingerprint density at radius 3 is 2.12 bits per heavy atom. The van der Waals surface area contributed by atoms with Gasteiger partial charge >= 0.3 is 6.09 Å². The minimum Gasteiger partial charge on any atom is -0.465 e. The molecule has 5 aromatic rings. The standard InChI is InChI=1S/C33H33N5O2/c1-21-36-28-19-17-26(20-29(28)37-21)31(38-33(39)40)27(18-14-22-12-15-25(16-13-22)32(34)35)30(23-8-4-2-5-9-23)24-10-6-3-7-11-24/h2-13,15-17,19-20,27,30-31,38H,14,18H2,1H3,(H3,34,35)(H,36,37)(H,39,40). The van der Waals surface area contributed by atoms with Crippen molar-refractivity contribution < 1.29 is 9.90 Å². The van der Waals surface area contributed by atoms with Crippen LogP contribution in [0.15, 0.2) is 103 Å². The van der Waals surface area contributed by atoms with E-state index in [1.807, 2.05) is 85.8 Å². The number of benzene rings is 4. The Morgan fingerprint density at radius 2 is 1.55 bits per heavy atom. The molecule has 2 atom stereocenters. The third-order valence-electron chi connectivity index (χ3n) is 7.47. The minimum absolute atomic E-state index is 0.0346. The van der Waals surface area contributed by atoms with Crippen LogP contribution in [0, 0.1) is 18.3 Å². The van der Waals surface area contributed by atoms with E-state index < -0.39 is 12.1 Å². The van der Waals surface area contributed by atoms with Crippen LogP contribution in [0.4, 0.5) is 4.79 Å². The van der Waals surface area contributed by atoms with Gasteiger partial charge in [-0.25, -0.2) is 9.78 Å². The van der Waals surface area contributed by atoms with Crippen LogP contribution in [0.3, 0.4) is 0 Å². The van der Waals surface area contributed by atoms with Crippen molar-refractivity contribution in [1.29, 1.82) is 5.41 Å². The van der Waals surface area contributed by atoms with Gasteiger partial charge in [0.25, 0.3) is 0 Å². The Labute approximate surface area is 233 Å². The lowest BCUT2D eigenvalue weighted by Gasteiger charge is -2.35. The van der Waals surface area contributed by atoms with E-state index >= 15 is 0 Å². The van der Waals surface area contributed by atoms with Gasteiger partial charge in [-0.3, -0.25) is 5.41 Å². The lowest BCUT2D eigenvalue weighted by Crippen LogP contribution is -2.36. The van der Waals surface area contributed by atoms with E-state index in [9.17, 15) is 9.90 Å². The zero-order valence-corrected chi connectivity index (χ0v) is 22.3. The molecule has 0 aliphatic carbocycles. The van der Waals surface area contributed by atoms with Crippen molar-refractivity contribution in [2.45, 2.75) is 31.7 Å². The molecule has 2 unspecified atom stereocenters. The fourth-order valence-corrected chi connectivity index (χ4v) is 5.63. The second kappa shape index (κ2) is 11.9. The van der Waals surface area contributed by atoms with Crippen LogP contribution in [0.1, 0.15) is 52.0 Å². The molecule has 5 rings (SSSR count). The SMILES string of the molecule is Cc1nc2cc(C(NC(=O)O)C(CCc3ccc(C(=N)N)cc3)C(c3ccccc3)c3ccccc3)ccc2[nH]1. The lowest BCUT2D eigenvalue weighted by molar-refractivity contribution is 0.181. The van der Waals surface area contributed by atoms with Crippen LogP contribution in [-0.4, -0.2) is 27.0 Å². The van der Waals surface area contributed by atoms with Gasteiger partial charge in [-0.05, 0) is 60.1 Å². The fourth-order valence-electron chi connectivity index (χ4n) is 5.63. The van der Waals surface area contributed by atoms with Crippen LogP contribution in [-0.2, 0) is 6.42 Å². The second-order valence-electron chi connectivity index (χ2n) is 10.1. The van der Waals surface area contributed by atoms with E-state index in [4.69, 9.17) is 11.1 Å². The van der Waals surface area contributed by atoms with Gasteiger partial charge in [0.1, 0.15) is 11.7 Å². The van der Waals surface area contributed by atoms with Gasteiger partial charge in [0, 0.05) is 11.5 Å². The summed E-state index contributed by atoms with van der Waals surface area (Å²) in [6.07, 6.45) is 0.357. The smallest absolute Gasteiger partial charge is 0.405 e. The molecule has 1 heterocycles. The molecule has 7 nitrogen and oxygen atoms in total. The lowest BCUT2D eigenvalue weighted by atomic mass is 9.72. The van der Waals surface area contributed by atoms with E-state index in [0.717, 1.165) is 45.5 Å². The van der Waals surface area contributed by atoms with Crippen LogP contribution in [0.25, 0.3) is 11.0 Å². The van der Waals surface area contributed by atoms with Crippen molar-refractivity contribution in [2.75, 3.05) is 0 Å². The predicted molar refractivity (Wildman–Crippen MR) is 159 cm³/mol. The normalized spacial score (nSPS) is 12.8. The number of H-pyrrole nitrogens is 1. The average Bonchev–Trinajstić information content (AvgIpc) is 3.34. The Bertz CT molecular complexity index is 1560. The number of aromatic nitrogens is 2. The van der Waals surface area contributed by atoms with E-state index in [-0.39, 0.29) is 17.7 Å². The summed E-state index contributed by atoms with van der Waals surface area (Å²) in [6, 6.07) is 33.7. The molecule has 4 aromatic carbocycles. The molecule has 0 saturated heterocycles. The summed E-state index contributed by atoms with van der Waals surface area (Å²) in [7, 11) is 0. The van der Waals surface area contributed by atoms with Crippen molar-refractivity contribution in [2.24, 2.45) is 11.7 Å². The summed E-state index contributed by atoms with van der Waals surface area (Å²) in [5, 5.41) is 20.6. The maximum Gasteiger partial charge on any atom is 0.405 e. The summed E-state index contributed by atoms with van der Waals surface area (Å²) in [5.41, 5.74) is 12.3. The highest BCUT2D eigenvalue weighted by atomic mass is 16.4. The largest absolute Gasteiger partial charge is 0.465 e. The van der Waals surface area contributed by atoms with Crippen molar-refractivity contribution in [3.05, 3.63) is 137 Å². The van der Waals surface area contributed by atoms with Crippen molar-refractivity contribution in [3.8, 4) is 0 Å². The van der Waals surface area contributed by atoms with Crippen molar-refractivity contribution in [1.82, 2.24) is 15.3 Å². The molecular weight excluding hydrogens is 498 g/mol. The molecule has 0 saturated carbocycles. The monoisotopic (exact) mass is 531 g/mol. The molecule has 7 heteroatoms. The number of hydrogen-bond donors (Lipinski definition) is 5. The highest BCUT2D eigenvalue weighted by Gasteiger charge is 2.34. The molecule has 0 radical (unpaired) electrons. The van der Waals surface area contributed by atoms with E-state index in [1.165, 1.54) is 0 Å². The molecule has 40 heavy (non-hydrogen) atoms. The van der Waals surface area contributed by atoms with Gasteiger partial charge in [0.15, 0.2) is 0 Å². The first-order valence-electron chi connectivity index (χ1n) is 13.4. The molecule has 0 bridgehead atoms. The highest BCUT2D eigenvalue weighted by Crippen LogP contribution is 2.42. The van der Waals surface area contributed by atoms with E-state index in [2.05, 4.69) is 39.6 Å². The number of carbonyl (C=O) groups is 1. The molecule has 1 amide bonds. The summed E-state index contributed by atoms with van der Waals surface area (Å²) in [4.78, 5) is 20.1. The Balaban J connectivity index is 1.62. The summed E-state index contributed by atoms with van der Waals surface area (Å²) in [5.74, 6) is 0.637. The number of hydrogen-bond acceptors (Lipinski definition) is 3. The highest BCUT2D eigenvalue weighted by molar-refractivity contribution is 5.94. The molecule has 1 aromatic heterocycles. The minimum atomic E-state index is -1.07. The maximum absolute atomic E-state index is 12.3. The van der Waals surface area contributed by atoms with Crippen molar-refractivity contribution >= 4 is 23.0 Å². The van der Waals surface area contributed by atoms with E-state index in [0.29, 0.717) is 12.0 Å².